The SMILES string of the molecule is CNC(C)CC(C)=O.Cl. The third-order valence-electron chi connectivity index (χ3n) is 1.09. The van der Waals surface area contributed by atoms with E-state index >= 15 is 0 Å². The average molecular weight is 152 g/mol. The van der Waals surface area contributed by atoms with Gasteiger partial charge in [0.05, 0.1) is 0 Å². The summed E-state index contributed by atoms with van der Waals surface area (Å²) >= 11 is 0. The zero-order valence-electron chi connectivity index (χ0n) is 6.10. The minimum atomic E-state index is 0. The van der Waals surface area contributed by atoms with Gasteiger partial charge >= 0.3 is 0 Å². The van der Waals surface area contributed by atoms with Crippen molar-refractivity contribution in [1.82, 2.24) is 5.32 Å². The van der Waals surface area contributed by atoms with Crippen LogP contribution in [0.4, 0.5) is 0 Å². The molecule has 0 aliphatic heterocycles. The quantitative estimate of drug-likeness (QED) is 0.652. The lowest BCUT2D eigenvalue weighted by Crippen LogP contribution is -2.23. The molecule has 0 aromatic rings. The van der Waals surface area contributed by atoms with E-state index in [0.717, 1.165) is 0 Å². The molecule has 0 heterocycles. The Morgan fingerprint density at radius 2 is 2.11 bits per heavy atom. The maximum Gasteiger partial charge on any atom is 0.131 e. The first-order chi connectivity index (χ1) is 3.66. The topological polar surface area (TPSA) is 29.1 Å². The van der Waals surface area contributed by atoms with E-state index in [1.54, 1.807) is 6.92 Å². The molecule has 0 saturated carbocycles. The number of Topliss-reactive ketones (excluding diaryl/α,β-unsaturated/α-hetero) is 1. The van der Waals surface area contributed by atoms with Gasteiger partial charge in [-0.05, 0) is 20.9 Å². The third kappa shape index (κ3) is 7.92. The molecular weight excluding hydrogens is 138 g/mol. The highest BCUT2D eigenvalue weighted by Gasteiger charge is 1.99. The highest BCUT2D eigenvalue weighted by atomic mass is 35.5. The lowest BCUT2D eigenvalue weighted by atomic mass is 10.2. The zero-order chi connectivity index (χ0) is 6.57. The normalized spacial score (nSPS) is 11.9. The number of hydrogen-bond acceptors (Lipinski definition) is 2. The molecule has 0 aliphatic carbocycles. The van der Waals surface area contributed by atoms with Crippen molar-refractivity contribution in [3.63, 3.8) is 0 Å². The molecule has 1 atom stereocenters. The molecule has 0 saturated heterocycles. The van der Waals surface area contributed by atoms with Gasteiger partial charge in [-0.2, -0.15) is 0 Å². The van der Waals surface area contributed by atoms with Crippen LogP contribution in [0.1, 0.15) is 20.3 Å². The molecule has 2 nitrogen and oxygen atoms in total. The summed E-state index contributed by atoms with van der Waals surface area (Å²) in [7, 11) is 1.85. The summed E-state index contributed by atoms with van der Waals surface area (Å²) in [6.45, 7) is 3.59. The lowest BCUT2D eigenvalue weighted by Gasteiger charge is -2.04. The van der Waals surface area contributed by atoms with Gasteiger partial charge in [-0.15, -0.1) is 12.4 Å². The van der Waals surface area contributed by atoms with E-state index in [-0.39, 0.29) is 18.2 Å². The van der Waals surface area contributed by atoms with E-state index in [1.165, 1.54) is 0 Å². The number of hydrogen-bond donors (Lipinski definition) is 1. The summed E-state index contributed by atoms with van der Waals surface area (Å²) in [4.78, 5) is 10.4. The monoisotopic (exact) mass is 151 g/mol. The number of carbonyl (C=O) groups is 1. The van der Waals surface area contributed by atoms with Crippen molar-refractivity contribution in [3.8, 4) is 0 Å². The van der Waals surface area contributed by atoms with Crippen molar-refractivity contribution in [2.75, 3.05) is 7.05 Å². The summed E-state index contributed by atoms with van der Waals surface area (Å²) in [6.07, 6.45) is 0.635. The summed E-state index contributed by atoms with van der Waals surface area (Å²) in [6, 6.07) is 0.326. The lowest BCUT2D eigenvalue weighted by molar-refractivity contribution is -0.117. The molecule has 56 valence electrons. The second kappa shape index (κ2) is 6.05. The summed E-state index contributed by atoms with van der Waals surface area (Å²) in [5.41, 5.74) is 0. The Hall–Kier alpha value is -0.0800. The van der Waals surface area contributed by atoms with Crippen molar-refractivity contribution >= 4 is 18.2 Å². The molecule has 0 aromatic carbocycles. The van der Waals surface area contributed by atoms with Gasteiger partial charge in [-0.3, -0.25) is 4.79 Å². The van der Waals surface area contributed by atoms with E-state index < -0.39 is 0 Å². The number of rotatable bonds is 3. The van der Waals surface area contributed by atoms with Gasteiger partial charge in [0.15, 0.2) is 0 Å². The van der Waals surface area contributed by atoms with Crippen molar-refractivity contribution in [1.29, 1.82) is 0 Å². The zero-order valence-corrected chi connectivity index (χ0v) is 6.92. The minimum absolute atomic E-state index is 0. The molecule has 0 rings (SSSR count). The molecule has 0 amide bonds. The Morgan fingerprint density at radius 3 is 2.22 bits per heavy atom. The molecule has 0 aromatic heterocycles. The largest absolute Gasteiger partial charge is 0.317 e. The van der Waals surface area contributed by atoms with Gasteiger partial charge in [0.1, 0.15) is 5.78 Å². The first kappa shape index (κ1) is 11.7. The fourth-order valence-electron chi connectivity index (χ4n) is 0.533. The molecule has 0 aliphatic rings. The molecule has 0 spiro atoms. The van der Waals surface area contributed by atoms with Crippen LogP contribution in [0.25, 0.3) is 0 Å². The maximum absolute atomic E-state index is 10.4. The summed E-state index contributed by atoms with van der Waals surface area (Å²) < 4.78 is 0. The highest BCUT2D eigenvalue weighted by molar-refractivity contribution is 5.85. The fourth-order valence-corrected chi connectivity index (χ4v) is 0.533. The van der Waals surface area contributed by atoms with Gasteiger partial charge in [0.25, 0.3) is 0 Å². The van der Waals surface area contributed by atoms with Gasteiger partial charge in [0, 0.05) is 12.5 Å². The van der Waals surface area contributed by atoms with Crippen LogP contribution in [0, 0.1) is 0 Å². The molecule has 3 heteroatoms. The maximum atomic E-state index is 10.4. The number of nitrogens with one attached hydrogen (secondary N) is 1. The Balaban J connectivity index is 0. The predicted molar refractivity (Wildman–Crippen MR) is 41.1 cm³/mol. The molecule has 9 heavy (non-hydrogen) atoms. The van der Waals surface area contributed by atoms with E-state index in [9.17, 15) is 4.79 Å². The first-order valence-corrected chi connectivity index (χ1v) is 2.83. The van der Waals surface area contributed by atoms with E-state index in [4.69, 9.17) is 0 Å². The van der Waals surface area contributed by atoms with Gasteiger partial charge in [-0.25, -0.2) is 0 Å². The van der Waals surface area contributed by atoms with Crippen LogP contribution in [-0.4, -0.2) is 18.9 Å². The van der Waals surface area contributed by atoms with Gasteiger partial charge in [-0.1, -0.05) is 0 Å². The molecule has 0 fully saturated rings. The molecule has 0 bridgehead atoms. The summed E-state index contributed by atoms with van der Waals surface area (Å²) in [5, 5.41) is 2.98. The first-order valence-electron chi connectivity index (χ1n) is 2.83. The van der Waals surface area contributed by atoms with Crippen molar-refractivity contribution in [2.24, 2.45) is 0 Å². The van der Waals surface area contributed by atoms with Gasteiger partial charge in [0.2, 0.25) is 0 Å². The Kier molecular flexibility index (Phi) is 7.85. The molecule has 1 unspecified atom stereocenters. The van der Waals surface area contributed by atoms with Gasteiger partial charge < -0.3 is 5.32 Å². The van der Waals surface area contributed by atoms with Crippen molar-refractivity contribution in [3.05, 3.63) is 0 Å². The van der Waals surface area contributed by atoms with Crippen LogP contribution in [-0.2, 0) is 4.79 Å². The van der Waals surface area contributed by atoms with Crippen LogP contribution < -0.4 is 5.32 Å². The third-order valence-corrected chi connectivity index (χ3v) is 1.09. The summed E-state index contributed by atoms with van der Waals surface area (Å²) in [5.74, 6) is 0.242. The van der Waals surface area contributed by atoms with E-state index in [2.05, 4.69) is 5.32 Å². The number of halogens is 1. The minimum Gasteiger partial charge on any atom is -0.317 e. The average Bonchev–Trinajstić information content (AvgIpc) is 1.65. The smallest absolute Gasteiger partial charge is 0.131 e. The number of ketones is 1. The Bertz CT molecular complexity index is 85.1. The molecule has 0 radical (unpaired) electrons. The molecule has 1 N–H and O–H groups in total. The fraction of sp³-hybridized carbons (Fsp3) is 0.833. The predicted octanol–water partition coefficient (Wildman–Crippen LogP) is 0.995. The second-order valence-corrected chi connectivity index (χ2v) is 2.10. The van der Waals surface area contributed by atoms with Crippen molar-refractivity contribution in [2.45, 2.75) is 26.3 Å². The van der Waals surface area contributed by atoms with Crippen LogP contribution >= 0.6 is 12.4 Å². The molecular formula is C6H14ClNO. The standard InChI is InChI=1S/C6H13NO.ClH/c1-5(7-3)4-6(2)8;/h5,7H,4H2,1-3H3;1H. The Morgan fingerprint density at radius 1 is 1.67 bits per heavy atom. The Labute approximate surface area is 62.4 Å². The van der Waals surface area contributed by atoms with E-state index in [0.29, 0.717) is 12.5 Å². The number of carbonyl (C=O) groups excluding carboxylic acids is 1. The van der Waals surface area contributed by atoms with Crippen molar-refractivity contribution < 1.29 is 4.79 Å². The van der Waals surface area contributed by atoms with Crippen LogP contribution in [0.5, 0.6) is 0 Å². The van der Waals surface area contributed by atoms with Crippen LogP contribution in [0.3, 0.4) is 0 Å². The second-order valence-electron chi connectivity index (χ2n) is 2.10. The van der Waals surface area contributed by atoms with Crippen LogP contribution in [0.15, 0.2) is 0 Å². The van der Waals surface area contributed by atoms with E-state index in [1.807, 2.05) is 14.0 Å². The van der Waals surface area contributed by atoms with Crippen LogP contribution in [0.2, 0.25) is 0 Å². The highest BCUT2D eigenvalue weighted by Crippen LogP contribution is 1.88.